The Morgan fingerprint density at radius 1 is 0.864 bits per heavy atom. The molecule has 0 aliphatic carbocycles. The molecular formula is C19H31NOS. The largest absolute Gasteiger partial charge is 0.507 e. The van der Waals surface area contributed by atoms with Crippen LogP contribution in [0, 0.1) is 0 Å². The highest BCUT2D eigenvalue weighted by molar-refractivity contribution is 7.80. The number of benzene rings is 1. The zero-order chi connectivity index (χ0) is 17.5. The van der Waals surface area contributed by atoms with E-state index in [1.165, 1.54) is 0 Å². The van der Waals surface area contributed by atoms with Crippen molar-refractivity contribution in [1.82, 2.24) is 5.32 Å². The van der Waals surface area contributed by atoms with Gasteiger partial charge in [0, 0.05) is 22.2 Å². The third-order valence-corrected chi connectivity index (χ3v) is 3.81. The van der Waals surface area contributed by atoms with Crippen molar-refractivity contribution in [1.29, 1.82) is 0 Å². The average molecular weight is 322 g/mol. The number of nitrogens with one attached hydrogen (secondary N) is 1. The van der Waals surface area contributed by atoms with Gasteiger partial charge < -0.3 is 10.4 Å². The minimum Gasteiger partial charge on any atom is -0.507 e. The molecule has 1 aromatic rings. The lowest BCUT2D eigenvalue weighted by Crippen LogP contribution is -2.40. The topological polar surface area (TPSA) is 32.3 Å². The summed E-state index contributed by atoms with van der Waals surface area (Å²) in [6.07, 6.45) is 0. The van der Waals surface area contributed by atoms with E-state index < -0.39 is 0 Å². The van der Waals surface area contributed by atoms with E-state index >= 15 is 0 Å². The Morgan fingerprint density at radius 3 is 1.50 bits per heavy atom. The van der Waals surface area contributed by atoms with Crippen molar-refractivity contribution in [3.63, 3.8) is 0 Å². The van der Waals surface area contributed by atoms with Crippen LogP contribution >= 0.6 is 12.2 Å². The lowest BCUT2D eigenvalue weighted by Gasteiger charge is -2.29. The van der Waals surface area contributed by atoms with E-state index in [-0.39, 0.29) is 16.4 Å². The van der Waals surface area contributed by atoms with Crippen LogP contribution in [0.5, 0.6) is 5.75 Å². The molecule has 0 heterocycles. The van der Waals surface area contributed by atoms with Crippen LogP contribution in [0.3, 0.4) is 0 Å². The Balaban J connectivity index is 3.52. The number of rotatable bonds is 1. The van der Waals surface area contributed by atoms with Crippen molar-refractivity contribution >= 4 is 17.2 Å². The molecule has 0 unspecified atom stereocenters. The molecule has 0 radical (unpaired) electrons. The number of aromatic hydroxyl groups is 1. The van der Waals surface area contributed by atoms with Crippen LogP contribution in [0.2, 0.25) is 0 Å². The zero-order valence-electron chi connectivity index (χ0n) is 15.5. The Labute approximate surface area is 141 Å². The maximum absolute atomic E-state index is 10.7. The smallest absolute Gasteiger partial charge is 0.123 e. The van der Waals surface area contributed by atoms with E-state index in [9.17, 15) is 5.11 Å². The van der Waals surface area contributed by atoms with Gasteiger partial charge >= 0.3 is 0 Å². The predicted molar refractivity (Wildman–Crippen MR) is 100 cm³/mol. The van der Waals surface area contributed by atoms with Gasteiger partial charge in [0.2, 0.25) is 0 Å². The molecule has 0 atom stereocenters. The second-order valence-corrected chi connectivity index (χ2v) is 9.53. The summed E-state index contributed by atoms with van der Waals surface area (Å²) in [5.74, 6) is 0.391. The molecule has 0 aliphatic heterocycles. The molecule has 0 aliphatic rings. The Hall–Kier alpha value is -1.09. The quantitative estimate of drug-likeness (QED) is 0.710. The highest BCUT2D eigenvalue weighted by atomic mass is 32.1. The van der Waals surface area contributed by atoms with E-state index in [4.69, 9.17) is 12.2 Å². The standard InChI is InChI=1S/C19H31NOS/c1-17(2,3)13-10-12(16(22)20-19(7,8)9)11-14(15(13)21)18(4,5)6/h10-11,21H,1-9H3,(H,20,22). The van der Waals surface area contributed by atoms with E-state index in [0.717, 1.165) is 21.7 Å². The first-order valence-electron chi connectivity index (χ1n) is 7.83. The Kier molecular flexibility index (Phi) is 5.03. The maximum atomic E-state index is 10.7. The molecule has 1 rings (SSSR count). The van der Waals surface area contributed by atoms with Gasteiger partial charge in [-0.05, 0) is 43.7 Å². The molecule has 22 heavy (non-hydrogen) atoms. The Morgan fingerprint density at radius 2 is 1.23 bits per heavy atom. The third-order valence-electron chi connectivity index (χ3n) is 3.48. The fraction of sp³-hybridized carbons (Fsp3) is 0.632. The van der Waals surface area contributed by atoms with E-state index in [1.807, 2.05) is 12.1 Å². The summed E-state index contributed by atoms with van der Waals surface area (Å²) in [6.45, 7) is 18.9. The second-order valence-electron chi connectivity index (χ2n) is 9.12. The van der Waals surface area contributed by atoms with Crippen LogP contribution in [0.15, 0.2) is 12.1 Å². The fourth-order valence-corrected chi connectivity index (χ4v) is 2.75. The zero-order valence-corrected chi connectivity index (χ0v) is 16.3. The van der Waals surface area contributed by atoms with Gasteiger partial charge in [-0.1, -0.05) is 53.8 Å². The first kappa shape index (κ1) is 19.0. The van der Waals surface area contributed by atoms with Gasteiger partial charge in [-0.2, -0.15) is 0 Å². The summed E-state index contributed by atoms with van der Waals surface area (Å²) in [6, 6.07) is 4.04. The van der Waals surface area contributed by atoms with Gasteiger partial charge in [-0.25, -0.2) is 0 Å². The first-order chi connectivity index (χ1) is 9.63. The first-order valence-corrected chi connectivity index (χ1v) is 8.24. The third kappa shape index (κ3) is 4.70. The van der Waals surface area contributed by atoms with Gasteiger partial charge in [-0.3, -0.25) is 0 Å². The highest BCUT2D eigenvalue weighted by Crippen LogP contribution is 2.39. The number of thiocarbonyl (C=S) groups is 1. The van der Waals surface area contributed by atoms with Crippen LogP contribution in [0.4, 0.5) is 0 Å². The van der Waals surface area contributed by atoms with E-state index in [0.29, 0.717) is 5.75 Å². The van der Waals surface area contributed by atoms with Crippen molar-refractivity contribution in [2.24, 2.45) is 0 Å². The van der Waals surface area contributed by atoms with Crippen LogP contribution < -0.4 is 5.32 Å². The predicted octanol–water partition coefficient (Wildman–Crippen LogP) is 5.05. The number of hydrogen-bond donors (Lipinski definition) is 2. The van der Waals surface area contributed by atoms with Crippen molar-refractivity contribution < 1.29 is 5.11 Å². The molecule has 0 saturated carbocycles. The summed E-state index contributed by atoms with van der Waals surface area (Å²) in [5.41, 5.74) is 2.48. The molecular weight excluding hydrogens is 290 g/mol. The average Bonchev–Trinajstić information content (AvgIpc) is 2.23. The van der Waals surface area contributed by atoms with Crippen molar-refractivity contribution in [3.05, 3.63) is 28.8 Å². The van der Waals surface area contributed by atoms with E-state index in [1.54, 1.807) is 0 Å². The molecule has 2 N–H and O–H groups in total. The van der Waals surface area contributed by atoms with Crippen LogP contribution in [0.25, 0.3) is 0 Å². The molecule has 0 saturated heterocycles. The van der Waals surface area contributed by atoms with Crippen molar-refractivity contribution in [2.75, 3.05) is 0 Å². The SMILES string of the molecule is CC(C)(C)NC(=S)c1cc(C(C)(C)C)c(O)c(C(C)(C)C)c1. The van der Waals surface area contributed by atoms with Crippen LogP contribution in [0.1, 0.15) is 79.0 Å². The van der Waals surface area contributed by atoms with Crippen molar-refractivity contribution in [3.8, 4) is 5.75 Å². The monoisotopic (exact) mass is 321 g/mol. The number of phenolic OH excluding ortho intramolecular Hbond substituents is 1. The molecule has 2 nitrogen and oxygen atoms in total. The normalized spacial score (nSPS) is 13.1. The van der Waals surface area contributed by atoms with Crippen LogP contribution in [-0.2, 0) is 10.8 Å². The summed E-state index contributed by atoms with van der Waals surface area (Å²) in [4.78, 5) is 0.725. The summed E-state index contributed by atoms with van der Waals surface area (Å²) >= 11 is 5.58. The molecule has 0 fully saturated rings. The molecule has 0 bridgehead atoms. The molecule has 0 spiro atoms. The number of phenols is 1. The minimum atomic E-state index is -0.141. The molecule has 3 heteroatoms. The van der Waals surface area contributed by atoms with Gasteiger partial charge in [0.05, 0.1) is 0 Å². The lowest BCUT2D eigenvalue weighted by atomic mass is 9.78. The lowest BCUT2D eigenvalue weighted by molar-refractivity contribution is 0.423. The minimum absolute atomic E-state index is 0.0846. The molecule has 124 valence electrons. The van der Waals surface area contributed by atoms with E-state index in [2.05, 4.69) is 67.6 Å². The number of hydrogen-bond acceptors (Lipinski definition) is 2. The summed E-state index contributed by atoms with van der Waals surface area (Å²) in [7, 11) is 0. The molecule has 1 aromatic carbocycles. The van der Waals surface area contributed by atoms with Gasteiger partial charge in [0.25, 0.3) is 0 Å². The molecule has 0 aromatic heterocycles. The van der Waals surface area contributed by atoms with Gasteiger partial charge in [0.1, 0.15) is 10.7 Å². The maximum Gasteiger partial charge on any atom is 0.123 e. The van der Waals surface area contributed by atoms with Gasteiger partial charge in [0.15, 0.2) is 0 Å². The molecule has 0 amide bonds. The summed E-state index contributed by atoms with van der Waals surface area (Å²) < 4.78 is 0. The fourth-order valence-electron chi connectivity index (χ4n) is 2.32. The Bertz CT molecular complexity index is 534. The van der Waals surface area contributed by atoms with Crippen LogP contribution in [-0.4, -0.2) is 15.6 Å². The second kappa shape index (κ2) is 5.84. The van der Waals surface area contributed by atoms with Crippen molar-refractivity contribution in [2.45, 2.75) is 78.7 Å². The highest BCUT2D eigenvalue weighted by Gasteiger charge is 2.27. The summed E-state index contributed by atoms with van der Waals surface area (Å²) in [5, 5.41) is 14.1. The van der Waals surface area contributed by atoms with Gasteiger partial charge in [-0.15, -0.1) is 0 Å².